The summed E-state index contributed by atoms with van der Waals surface area (Å²) in [5.41, 5.74) is 1.48. The lowest BCUT2D eigenvalue weighted by Gasteiger charge is -2.02. The number of benzene rings is 1. The number of phenols is 2. The van der Waals surface area contributed by atoms with Gasteiger partial charge in [-0.2, -0.15) is 5.10 Å². The van der Waals surface area contributed by atoms with Crippen molar-refractivity contribution < 1.29 is 10.2 Å². The summed E-state index contributed by atoms with van der Waals surface area (Å²) in [6.45, 7) is 0. The summed E-state index contributed by atoms with van der Waals surface area (Å²) in [6.07, 6.45) is 1.55. The molecule has 0 bridgehead atoms. The van der Waals surface area contributed by atoms with Crippen molar-refractivity contribution in [1.29, 1.82) is 0 Å². The minimum Gasteiger partial charge on any atom is -0.508 e. The van der Waals surface area contributed by atoms with Crippen molar-refractivity contribution in [1.82, 2.24) is 4.68 Å². The first-order valence-electron chi connectivity index (χ1n) is 6.42. The van der Waals surface area contributed by atoms with Crippen LogP contribution in [-0.2, 0) is 0 Å². The second-order valence-electron chi connectivity index (χ2n) is 4.40. The van der Waals surface area contributed by atoms with E-state index >= 15 is 0 Å². The van der Waals surface area contributed by atoms with Crippen LogP contribution >= 0.6 is 22.7 Å². The Balaban J connectivity index is 2.05. The van der Waals surface area contributed by atoms with E-state index in [-0.39, 0.29) is 11.5 Å². The van der Waals surface area contributed by atoms with E-state index < -0.39 is 0 Å². The molecule has 0 amide bonds. The fourth-order valence-electron chi connectivity index (χ4n) is 1.92. The first-order chi connectivity index (χ1) is 10.7. The largest absolute Gasteiger partial charge is 0.508 e. The minimum absolute atomic E-state index is 0.0151. The van der Waals surface area contributed by atoms with Gasteiger partial charge in [0, 0.05) is 24.1 Å². The van der Waals surface area contributed by atoms with Gasteiger partial charge < -0.3 is 10.2 Å². The molecule has 5 nitrogen and oxygen atoms in total. The molecule has 0 unspecified atom stereocenters. The van der Waals surface area contributed by atoms with E-state index in [1.165, 1.54) is 23.5 Å². The second kappa shape index (κ2) is 6.17. The molecular weight excluding hydrogens is 318 g/mol. The molecule has 0 radical (unpaired) electrons. The van der Waals surface area contributed by atoms with Gasteiger partial charge in [-0.15, -0.1) is 22.7 Å². The Bertz CT molecular complexity index is 877. The van der Waals surface area contributed by atoms with Gasteiger partial charge in [-0.3, -0.25) is 4.99 Å². The molecule has 0 saturated heterocycles. The number of aromatic nitrogens is 1. The van der Waals surface area contributed by atoms with E-state index in [1.807, 2.05) is 22.9 Å². The Hall–Kier alpha value is -2.38. The zero-order valence-electron chi connectivity index (χ0n) is 11.7. The molecule has 0 atom stereocenters. The van der Waals surface area contributed by atoms with Crippen molar-refractivity contribution in [3.8, 4) is 22.1 Å². The van der Waals surface area contributed by atoms with Crippen molar-refractivity contribution in [2.75, 3.05) is 7.05 Å². The average Bonchev–Trinajstić information content (AvgIpc) is 3.15. The van der Waals surface area contributed by atoms with Gasteiger partial charge in [0.1, 0.15) is 11.5 Å². The minimum atomic E-state index is -0.0211. The Labute approximate surface area is 134 Å². The van der Waals surface area contributed by atoms with E-state index in [0.717, 1.165) is 15.4 Å². The number of thiazole rings is 1. The number of nitrogens with zero attached hydrogens (tertiary/aromatic N) is 3. The molecule has 0 fully saturated rings. The number of hydrogen-bond acceptors (Lipinski definition) is 6. The lowest BCUT2D eigenvalue weighted by Crippen LogP contribution is -2.11. The molecular formula is C15H13N3O2S2. The van der Waals surface area contributed by atoms with Crippen LogP contribution in [0.3, 0.4) is 0 Å². The van der Waals surface area contributed by atoms with Crippen molar-refractivity contribution >= 4 is 28.9 Å². The summed E-state index contributed by atoms with van der Waals surface area (Å²) in [5, 5.41) is 27.6. The molecule has 0 saturated carbocycles. The molecule has 3 rings (SSSR count). The van der Waals surface area contributed by atoms with Crippen molar-refractivity contribution in [3.63, 3.8) is 0 Å². The Morgan fingerprint density at radius 1 is 1.18 bits per heavy atom. The quantitative estimate of drug-likeness (QED) is 0.724. The van der Waals surface area contributed by atoms with E-state index in [1.54, 1.807) is 35.3 Å². The summed E-state index contributed by atoms with van der Waals surface area (Å²) in [6, 6.07) is 8.40. The van der Waals surface area contributed by atoms with Gasteiger partial charge in [-0.25, -0.2) is 4.68 Å². The molecule has 22 heavy (non-hydrogen) atoms. The van der Waals surface area contributed by atoms with Crippen LogP contribution in [0.25, 0.3) is 10.6 Å². The Morgan fingerprint density at radius 2 is 2.05 bits per heavy atom. The first kappa shape index (κ1) is 14.6. The standard InChI is InChI=1S/C15H13N3O2S2/c1-16-15-18(12(9-22-15)14-3-2-6-21-14)17-8-10-4-5-11(19)7-13(10)20/h2-9,19-20H,1H3. The van der Waals surface area contributed by atoms with Gasteiger partial charge in [0.05, 0.1) is 16.8 Å². The van der Waals surface area contributed by atoms with Crippen LogP contribution in [0.2, 0.25) is 0 Å². The summed E-state index contributed by atoms with van der Waals surface area (Å²) < 4.78 is 1.74. The number of aromatic hydroxyl groups is 2. The predicted molar refractivity (Wildman–Crippen MR) is 89.9 cm³/mol. The van der Waals surface area contributed by atoms with Crippen LogP contribution in [0.4, 0.5) is 0 Å². The highest BCUT2D eigenvalue weighted by Crippen LogP contribution is 2.25. The molecule has 3 aromatic rings. The second-order valence-corrected chi connectivity index (χ2v) is 6.19. The van der Waals surface area contributed by atoms with Gasteiger partial charge in [0.2, 0.25) is 4.80 Å². The van der Waals surface area contributed by atoms with Gasteiger partial charge in [-0.1, -0.05) is 6.07 Å². The van der Waals surface area contributed by atoms with Crippen molar-refractivity contribution in [3.05, 3.63) is 51.5 Å². The third-order valence-electron chi connectivity index (χ3n) is 2.98. The SMILES string of the molecule is CN=c1scc(-c2cccs2)n1N=Cc1ccc(O)cc1O. The summed E-state index contributed by atoms with van der Waals surface area (Å²) >= 11 is 3.13. The van der Waals surface area contributed by atoms with Gasteiger partial charge >= 0.3 is 0 Å². The number of hydrogen-bond donors (Lipinski definition) is 2. The fourth-order valence-corrected chi connectivity index (χ4v) is 3.51. The molecule has 112 valence electrons. The lowest BCUT2D eigenvalue weighted by atomic mass is 10.2. The fraction of sp³-hybridized carbons (Fsp3) is 0.0667. The third kappa shape index (κ3) is 2.81. The maximum Gasteiger partial charge on any atom is 0.205 e. The summed E-state index contributed by atoms with van der Waals surface area (Å²) in [7, 11) is 1.72. The smallest absolute Gasteiger partial charge is 0.205 e. The maximum atomic E-state index is 9.82. The monoisotopic (exact) mass is 331 g/mol. The van der Waals surface area contributed by atoms with Crippen LogP contribution < -0.4 is 4.80 Å². The molecule has 0 spiro atoms. The zero-order chi connectivity index (χ0) is 15.5. The topological polar surface area (TPSA) is 70.1 Å². The molecule has 2 heterocycles. The molecule has 0 aliphatic rings. The number of thiophene rings is 1. The van der Waals surface area contributed by atoms with Gasteiger partial charge in [0.15, 0.2) is 0 Å². The predicted octanol–water partition coefficient (Wildman–Crippen LogP) is 3.10. The molecule has 2 N–H and O–H groups in total. The molecule has 0 aliphatic heterocycles. The molecule has 1 aromatic carbocycles. The van der Waals surface area contributed by atoms with E-state index in [0.29, 0.717) is 5.56 Å². The Kier molecular flexibility index (Phi) is 4.08. The van der Waals surface area contributed by atoms with Crippen LogP contribution in [-0.4, -0.2) is 28.2 Å². The highest BCUT2D eigenvalue weighted by molar-refractivity contribution is 7.14. The summed E-state index contributed by atoms with van der Waals surface area (Å²) in [4.78, 5) is 6.08. The van der Waals surface area contributed by atoms with E-state index in [4.69, 9.17) is 0 Å². The van der Waals surface area contributed by atoms with Gasteiger partial charge in [0.25, 0.3) is 0 Å². The normalized spacial score (nSPS) is 12.3. The lowest BCUT2D eigenvalue weighted by molar-refractivity contribution is 0.450. The summed E-state index contributed by atoms with van der Waals surface area (Å²) in [5.74, 6) is -0.00593. The van der Waals surface area contributed by atoms with Crippen molar-refractivity contribution in [2.45, 2.75) is 0 Å². The number of rotatable bonds is 3. The van der Waals surface area contributed by atoms with Gasteiger partial charge in [-0.05, 0) is 23.6 Å². The zero-order valence-corrected chi connectivity index (χ0v) is 13.3. The average molecular weight is 331 g/mol. The van der Waals surface area contributed by atoms with E-state index in [9.17, 15) is 10.2 Å². The van der Waals surface area contributed by atoms with Crippen LogP contribution in [0, 0.1) is 0 Å². The molecule has 7 heteroatoms. The van der Waals surface area contributed by atoms with Crippen LogP contribution in [0.5, 0.6) is 11.5 Å². The molecule has 0 aliphatic carbocycles. The number of phenolic OH excluding ortho intramolecular Hbond substituents is 2. The highest BCUT2D eigenvalue weighted by Gasteiger charge is 2.08. The van der Waals surface area contributed by atoms with Crippen LogP contribution in [0.1, 0.15) is 5.56 Å². The first-order valence-corrected chi connectivity index (χ1v) is 8.18. The molecule has 2 aromatic heterocycles. The highest BCUT2D eigenvalue weighted by atomic mass is 32.1. The van der Waals surface area contributed by atoms with E-state index in [2.05, 4.69) is 10.1 Å². The van der Waals surface area contributed by atoms with Crippen LogP contribution in [0.15, 0.2) is 51.2 Å². The maximum absolute atomic E-state index is 9.82. The Morgan fingerprint density at radius 3 is 2.73 bits per heavy atom. The van der Waals surface area contributed by atoms with Crippen molar-refractivity contribution in [2.24, 2.45) is 10.1 Å². The third-order valence-corrected chi connectivity index (χ3v) is 4.78.